The third kappa shape index (κ3) is 3.00. The van der Waals surface area contributed by atoms with Gasteiger partial charge in [-0.2, -0.15) is 0 Å². The second kappa shape index (κ2) is 5.66. The van der Waals surface area contributed by atoms with Crippen molar-refractivity contribution in [3.63, 3.8) is 0 Å². The van der Waals surface area contributed by atoms with Crippen LogP contribution < -0.4 is 0 Å². The van der Waals surface area contributed by atoms with E-state index in [4.69, 9.17) is 5.11 Å². The van der Waals surface area contributed by atoms with Gasteiger partial charge in [0.2, 0.25) is 0 Å². The number of nitro groups is 1. The smallest absolute Gasteiger partial charge is 0.304 e. The Balaban J connectivity index is 2.38. The van der Waals surface area contributed by atoms with Gasteiger partial charge in [0.1, 0.15) is 0 Å². The van der Waals surface area contributed by atoms with E-state index in [0.717, 1.165) is 4.90 Å². The lowest BCUT2D eigenvalue weighted by Gasteiger charge is -2.05. The molecule has 0 atom stereocenters. The number of benzene rings is 1. The molecular formula is C12H10N2O4S. The second-order valence-corrected chi connectivity index (χ2v) is 4.89. The molecule has 2 aromatic rings. The topological polar surface area (TPSA) is 93.3 Å². The predicted molar refractivity (Wildman–Crippen MR) is 71.4 cm³/mol. The molecule has 0 aliphatic heterocycles. The minimum atomic E-state index is -0.864. The van der Waals surface area contributed by atoms with E-state index in [1.807, 2.05) is 0 Å². The SMILES string of the molecule is O=C(O)CCSc1ccc([N+](=O)[O-])c2ccncc12. The second-order valence-electron chi connectivity index (χ2n) is 3.75. The number of nitro benzene ring substituents is 1. The summed E-state index contributed by atoms with van der Waals surface area (Å²) in [5.41, 5.74) is 0.0278. The van der Waals surface area contributed by atoms with E-state index in [1.165, 1.54) is 24.0 Å². The summed E-state index contributed by atoms with van der Waals surface area (Å²) in [6, 6.07) is 4.66. The van der Waals surface area contributed by atoms with Crippen LogP contribution in [-0.2, 0) is 4.79 Å². The third-order valence-corrected chi connectivity index (χ3v) is 3.60. The number of aromatic nitrogens is 1. The van der Waals surface area contributed by atoms with Gasteiger partial charge in [-0.1, -0.05) is 0 Å². The van der Waals surface area contributed by atoms with Crippen molar-refractivity contribution in [3.8, 4) is 0 Å². The summed E-state index contributed by atoms with van der Waals surface area (Å²) in [4.78, 5) is 25.7. The van der Waals surface area contributed by atoms with Gasteiger partial charge < -0.3 is 5.11 Å². The molecule has 0 amide bonds. The first-order valence-corrected chi connectivity index (χ1v) is 6.44. The number of hydrogen-bond donors (Lipinski definition) is 1. The molecule has 0 unspecified atom stereocenters. The fourth-order valence-electron chi connectivity index (χ4n) is 1.68. The molecule has 2 rings (SSSR count). The summed E-state index contributed by atoms with van der Waals surface area (Å²) in [6.45, 7) is 0. The molecule has 0 saturated heterocycles. The molecule has 1 aromatic carbocycles. The first kappa shape index (κ1) is 13.3. The van der Waals surface area contributed by atoms with Crippen LogP contribution in [0.3, 0.4) is 0 Å². The number of carbonyl (C=O) groups is 1. The number of carboxylic acids is 1. The molecule has 1 heterocycles. The fraction of sp³-hybridized carbons (Fsp3) is 0.167. The number of thioether (sulfide) groups is 1. The fourth-order valence-corrected chi connectivity index (χ4v) is 2.66. The van der Waals surface area contributed by atoms with Gasteiger partial charge in [-0.3, -0.25) is 19.9 Å². The monoisotopic (exact) mass is 278 g/mol. The first-order chi connectivity index (χ1) is 9.09. The third-order valence-electron chi connectivity index (χ3n) is 2.53. The number of non-ortho nitro benzene ring substituents is 1. The number of rotatable bonds is 5. The van der Waals surface area contributed by atoms with E-state index < -0.39 is 10.9 Å². The van der Waals surface area contributed by atoms with Gasteiger partial charge in [0.05, 0.1) is 16.7 Å². The molecule has 0 aliphatic rings. The largest absolute Gasteiger partial charge is 0.481 e. The lowest BCUT2D eigenvalue weighted by atomic mass is 10.1. The molecule has 0 radical (unpaired) electrons. The zero-order valence-electron chi connectivity index (χ0n) is 9.78. The van der Waals surface area contributed by atoms with Crippen LogP contribution in [0.5, 0.6) is 0 Å². The van der Waals surface area contributed by atoms with Gasteiger partial charge in [0.25, 0.3) is 5.69 Å². The molecule has 0 aliphatic carbocycles. The lowest BCUT2D eigenvalue weighted by Crippen LogP contribution is -1.96. The van der Waals surface area contributed by atoms with Crippen LogP contribution in [-0.4, -0.2) is 26.7 Å². The van der Waals surface area contributed by atoms with Crippen molar-refractivity contribution in [3.05, 3.63) is 40.7 Å². The minimum absolute atomic E-state index is 0.0278. The summed E-state index contributed by atoms with van der Waals surface area (Å²) in [5, 5.41) is 20.7. The summed E-state index contributed by atoms with van der Waals surface area (Å²) in [5.74, 6) is -0.450. The zero-order valence-corrected chi connectivity index (χ0v) is 10.6. The average molecular weight is 278 g/mol. The minimum Gasteiger partial charge on any atom is -0.481 e. The highest BCUT2D eigenvalue weighted by molar-refractivity contribution is 7.99. The molecular weight excluding hydrogens is 268 g/mol. The van der Waals surface area contributed by atoms with Crippen molar-refractivity contribution in [2.75, 3.05) is 5.75 Å². The lowest BCUT2D eigenvalue weighted by molar-refractivity contribution is -0.383. The molecule has 0 spiro atoms. The van der Waals surface area contributed by atoms with E-state index >= 15 is 0 Å². The number of pyridine rings is 1. The standard InChI is InChI=1S/C12H10N2O4S/c15-12(16)4-6-19-11-2-1-10(14(17)18)8-3-5-13-7-9(8)11/h1-3,5,7H,4,6H2,(H,15,16). The molecule has 0 bridgehead atoms. The summed E-state index contributed by atoms with van der Waals surface area (Å²) < 4.78 is 0. The van der Waals surface area contributed by atoms with Crippen molar-refractivity contribution in [2.24, 2.45) is 0 Å². The molecule has 1 aromatic heterocycles. The van der Waals surface area contributed by atoms with Crippen LogP contribution in [0.1, 0.15) is 6.42 Å². The van der Waals surface area contributed by atoms with Gasteiger partial charge in [-0.25, -0.2) is 0 Å². The van der Waals surface area contributed by atoms with Gasteiger partial charge >= 0.3 is 5.97 Å². The predicted octanol–water partition coefficient (Wildman–Crippen LogP) is 2.71. The van der Waals surface area contributed by atoms with Gasteiger partial charge in [-0.05, 0) is 12.1 Å². The maximum Gasteiger partial charge on any atom is 0.304 e. The highest BCUT2D eigenvalue weighted by Crippen LogP contribution is 2.33. The summed E-state index contributed by atoms with van der Waals surface area (Å²) in [7, 11) is 0. The average Bonchev–Trinajstić information content (AvgIpc) is 2.38. The highest BCUT2D eigenvalue weighted by atomic mass is 32.2. The van der Waals surface area contributed by atoms with Crippen LogP contribution in [0.4, 0.5) is 5.69 Å². The van der Waals surface area contributed by atoms with Gasteiger partial charge in [-0.15, -0.1) is 11.8 Å². The maximum atomic E-state index is 10.9. The Kier molecular flexibility index (Phi) is 3.96. The van der Waals surface area contributed by atoms with Crippen LogP contribution in [0.2, 0.25) is 0 Å². The van der Waals surface area contributed by atoms with Crippen LogP contribution in [0, 0.1) is 10.1 Å². The van der Waals surface area contributed by atoms with Crippen LogP contribution in [0.15, 0.2) is 35.5 Å². The number of carboxylic acid groups (broad SMARTS) is 1. The van der Waals surface area contributed by atoms with E-state index in [-0.39, 0.29) is 12.1 Å². The summed E-state index contributed by atoms with van der Waals surface area (Å²) in [6.07, 6.45) is 3.11. The van der Waals surface area contributed by atoms with Crippen LogP contribution in [0.25, 0.3) is 10.8 Å². The number of hydrogen-bond acceptors (Lipinski definition) is 5. The van der Waals surface area contributed by atoms with Crippen molar-refractivity contribution in [2.45, 2.75) is 11.3 Å². The Hall–Kier alpha value is -2.15. The molecule has 1 N–H and O–H groups in total. The van der Waals surface area contributed by atoms with Crippen molar-refractivity contribution >= 4 is 34.2 Å². The molecule has 0 fully saturated rings. The highest BCUT2D eigenvalue weighted by Gasteiger charge is 2.14. The maximum absolute atomic E-state index is 10.9. The number of aliphatic carboxylic acids is 1. The van der Waals surface area contributed by atoms with E-state index in [0.29, 0.717) is 16.5 Å². The van der Waals surface area contributed by atoms with Crippen molar-refractivity contribution in [1.29, 1.82) is 0 Å². The van der Waals surface area contributed by atoms with Crippen molar-refractivity contribution in [1.82, 2.24) is 4.98 Å². The van der Waals surface area contributed by atoms with Gasteiger partial charge in [0, 0.05) is 34.5 Å². The van der Waals surface area contributed by atoms with Crippen molar-refractivity contribution < 1.29 is 14.8 Å². The molecule has 6 nitrogen and oxygen atoms in total. The number of nitrogens with zero attached hydrogens (tertiary/aromatic N) is 2. The zero-order chi connectivity index (χ0) is 13.8. The Morgan fingerprint density at radius 2 is 2.16 bits per heavy atom. The molecule has 19 heavy (non-hydrogen) atoms. The number of fused-ring (bicyclic) bond motifs is 1. The molecule has 0 saturated carbocycles. The Bertz CT molecular complexity index is 645. The molecule has 7 heteroatoms. The van der Waals surface area contributed by atoms with E-state index in [2.05, 4.69) is 4.98 Å². The quantitative estimate of drug-likeness (QED) is 0.513. The normalized spacial score (nSPS) is 10.5. The van der Waals surface area contributed by atoms with E-state index in [1.54, 1.807) is 18.3 Å². The van der Waals surface area contributed by atoms with Crippen LogP contribution >= 0.6 is 11.8 Å². The summed E-state index contributed by atoms with van der Waals surface area (Å²) >= 11 is 1.36. The first-order valence-electron chi connectivity index (χ1n) is 5.45. The van der Waals surface area contributed by atoms with Gasteiger partial charge in [0.15, 0.2) is 0 Å². The Morgan fingerprint density at radius 1 is 1.37 bits per heavy atom. The Labute approximate surface area is 112 Å². The molecule has 98 valence electrons. The van der Waals surface area contributed by atoms with E-state index in [9.17, 15) is 14.9 Å². The Morgan fingerprint density at radius 3 is 2.84 bits per heavy atom.